The Bertz CT molecular complexity index is 786. The number of hydrogen-bond donors (Lipinski definition) is 3. The van der Waals surface area contributed by atoms with Crippen molar-refractivity contribution < 1.29 is 23.8 Å². The van der Waals surface area contributed by atoms with E-state index in [9.17, 15) is 9.59 Å². The Labute approximate surface area is 164 Å². The van der Waals surface area contributed by atoms with E-state index < -0.39 is 18.0 Å². The van der Waals surface area contributed by atoms with E-state index >= 15 is 0 Å². The average molecular weight is 387 g/mol. The zero-order valence-corrected chi connectivity index (χ0v) is 16.4. The molecule has 0 spiro atoms. The maximum Gasteiger partial charge on any atom is 0.321 e. The molecule has 0 radical (unpaired) electrons. The Kier molecular flexibility index (Phi) is 7.50. The van der Waals surface area contributed by atoms with Crippen LogP contribution in [0.1, 0.15) is 18.5 Å². The second kappa shape index (κ2) is 10.1. The lowest BCUT2D eigenvalue weighted by atomic mass is 10.1. The number of anilines is 1. The van der Waals surface area contributed by atoms with Gasteiger partial charge in [0.25, 0.3) is 5.91 Å². The highest BCUT2D eigenvalue weighted by molar-refractivity contribution is 5.98. The molecule has 0 aliphatic carbocycles. The summed E-state index contributed by atoms with van der Waals surface area (Å²) in [7, 11) is 4.54. The van der Waals surface area contributed by atoms with Crippen LogP contribution in [0.25, 0.3) is 0 Å². The molecule has 0 bridgehead atoms. The van der Waals surface area contributed by atoms with Gasteiger partial charge in [-0.15, -0.1) is 0 Å². The zero-order valence-electron chi connectivity index (χ0n) is 16.4. The number of hydrogen-bond acceptors (Lipinski definition) is 6. The minimum absolute atomic E-state index is 0.412. The summed E-state index contributed by atoms with van der Waals surface area (Å²) >= 11 is 0. The van der Waals surface area contributed by atoms with E-state index in [4.69, 9.17) is 14.2 Å². The summed E-state index contributed by atoms with van der Waals surface area (Å²) in [5.74, 6) is 0.838. The van der Waals surface area contributed by atoms with Gasteiger partial charge in [0, 0.05) is 24.4 Å². The Balaban J connectivity index is 2.37. The minimum atomic E-state index is -0.813. The Hall–Kier alpha value is -3.42. The van der Waals surface area contributed by atoms with Gasteiger partial charge in [-0.05, 0) is 12.5 Å². The summed E-state index contributed by atoms with van der Waals surface area (Å²) in [6.07, 6.45) is 0. The smallest absolute Gasteiger partial charge is 0.321 e. The lowest BCUT2D eigenvalue weighted by Gasteiger charge is -2.21. The van der Waals surface area contributed by atoms with Crippen LogP contribution in [-0.2, 0) is 4.79 Å². The van der Waals surface area contributed by atoms with E-state index in [0.717, 1.165) is 0 Å². The summed E-state index contributed by atoms with van der Waals surface area (Å²) in [5.41, 5.74) is 1.26. The summed E-state index contributed by atoms with van der Waals surface area (Å²) in [4.78, 5) is 24.5. The van der Waals surface area contributed by atoms with Crippen molar-refractivity contribution in [1.82, 2.24) is 10.6 Å². The summed E-state index contributed by atoms with van der Waals surface area (Å²) in [6, 6.07) is 11.1. The molecule has 150 valence electrons. The van der Waals surface area contributed by atoms with E-state index in [1.54, 1.807) is 31.2 Å². The second-order valence-corrected chi connectivity index (χ2v) is 5.75. The lowest BCUT2D eigenvalue weighted by Crippen LogP contribution is -2.43. The van der Waals surface area contributed by atoms with Crippen LogP contribution >= 0.6 is 0 Å². The fourth-order valence-corrected chi connectivity index (χ4v) is 2.67. The predicted molar refractivity (Wildman–Crippen MR) is 106 cm³/mol. The first-order chi connectivity index (χ1) is 13.5. The van der Waals surface area contributed by atoms with Gasteiger partial charge in [-0.1, -0.05) is 30.3 Å². The number of benzene rings is 2. The van der Waals surface area contributed by atoms with Crippen molar-refractivity contribution in [3.05, 3.63) is 48.0 Å². The molecule has 8 nitrogen and oxygen atoms in total. The molecule has 2 rings (SSSR count). The van der Waals surface area contributed by atoms with Gasteiger partial charge < -0.3 is 24.8 Å². The van der Waals surface area contributed by atoms with Crippen molar-refractivity contribution in [2.45, 2.75) is 13.0 Å². The molecule has 2 aromatic carbocycles. The molecule has 0 saturated carbocycles. The van der Waals surface area contributed by atoms with Gasteiger partial charge >= 0.3 is 6.03 Å². The van der Waals surface area contributed by atoms with E-state index in [2.05, 4.69) is 16.0 Å². The summed E-state index contributed by atoms with van der Waals surface area (Å²) < 4.78 is 16.0. The third-order valence-corrected chi connectivity index (χ3v) is 3.94. The van der Waals surface area contributed by atoms with Crippen molar-refractivity contribution in [3.8, 4) is 17.2 Å². The third kappa shape index (κ3) is 5.06. The topological polar surface area (TPSA) is 97.9 Å². The number of imide groups is 1. The molecule has 0 aliphatic rings. The van der Waals surface area contributed by atoms with Crippen molar-refractivity contribution in [3.63, 3.8) is 0 Å². The van der Waals surface area contributed by atoms with Crippen LogP contribution in [-0.4, -0.2) is 39.8 Å². The fraction of sp³-hybridized carbons (Fsp3) is 0.300. The highest BCUT2D eigenvalue weighted by atomic mass is 16.5. The number of methoxy groups -OCH3 is 3. The first-order valence-electron chi connectivity index (χ1n) is 8.74. The second-order valence-electron chi connectivity index (χ2n) is 5.75. The van der Waals surface area contributed by atoms with Crippen molar-refractivity contribution in [1.29, 1.82) is 0 Å². The van der Waals surface area contributed by atoms with E-state index in [1.807, 2.05) is 18.2 Å². The maximum absolute atomic E-state index is 12.7. The van der Waals surface area contributed by atoms with Gasteiger partial charge in [-0.3, -0.25) is 10.1 Å². The molecule has 3 N–H and O–H groups in total. The Morgan fingerprint density at radius 3 is 2.07 bits per heavy atom. The SMILES string of the molecule is CCNC(=O)NC(=O)[C@H](Nc1cc(OC)c(OC)c(OC)c1)c1ccccc1. The van der Waals surface area contributed by atoms with Gasteiger partial charge in [0.15, 0.2) is 11.5 Å². The number of carbonyl (C=O) groups is 2. The number of nitrogens with one attached hydrogen (secondary N) is 3. The van der Waals surface area contributed by atoms with Gasteiger partial charge in [-0.2, -0.15) is 0 Å². The van der Waals surface area contributed by atoms with Gasteiger partial charge in [0.2, 0.25) is 5.75 Å². The van der Waals surface area contributed by atoms with Gasteiger partial charge in [0.05, 0.1) is 21.3 Å². The molecule has 3 amide bonds. The van der Waals surface area contributed by atoms with E-state index in [0.29, 0.717) is 35.0 Å². The third-order valence-electron chi connectivity index (χ3n) is 3.94. The molecular weight excluding hydrogens is 362 g/mol. The average Bonchev–Trinajstić information content (AvgIpc) is 2.71. The molecule has 0 unspecified atom stereocenters. The molecular formula is C20H25N3O5. The highest BCUT2D eigenvalue weighted by Gasteiger charge is 2.23. The Morgan fingerprint density at radius 1 is 0.964 bits per heavy atom. The molecule has 0 aliphatic heterocycles. The summed E-state index contributed by atoms with van der Waals surface area (Å²) in [5, 5.41) is 8.02. The minimum Gasteiger partial charge on any atom is -0.493 e. The zero-order chi connectivity index (χ0) is 20.5. The molecule has 8 heteroatoms. The lowest BCUT2D eigenvalue weighted by molar-refractivity contribution is -0.120. The predicted octanol–water partition coefficient (Wildman–Crippen LogP) is 2.71. The monoisotopic (exact) mass is 387 g/mol. The molecule has 0 heterocycles. The maximum atomic E-state index is 12.7. The van der Waals surface area contributed by atoms with Crippen LogP contribution in [0.3, 0.4) is 0 Å². The van der Waals surface area contributed by atoms with Crippen molar-refractivity contribution in [2.24, 2.45) is 0 Å². The first-order valence-corrected chi connectivity index (χ1v) is 8.74. The highest BCUT2D eigenvalue weighted by Crippen LogP contribution is 2.40. The normalized spacial score (nSPS) is 11.1. The number of amides is 3. The summed E-state index contributed by atoms with van der Waals surface area (Å²) in [6.45, 7) is 2.18. The molecule has 0 fully saturated rings. The van der Waals surface area contributed by atoms with Gasteiger partial charge in [-0.25, -0.2) is 4.79 Å². The standard InChI is InChI=1S/C20H25N3O5/c1-5-21-20(25)23-19(24)17(13-9-7-6-8-10-13)22-14-11-15(26-2)18(28-4)16(12-14)27-3/h6-12,17,22H,5H2,1-4H3,(H2,21,23,24,25)/t17-/m1/s1. The molecule has 28 heavy (non-hydrogen) atoms. The first kappa shape index (κ1) is 20.9. The van der Waals surface area contributed by atoms with Crippen LogP contribution < -0.4 is 30.2 Å². The van der Waals surface area contributed by atoms with Crippen LogP contribution in [0.15, 0.2) is 42.5 Å². The Morgan fingerprint density at radius 2 is 1.57 bits per heavy atom. The molecule has 2 aromatic rings. The van der Waals surface area contributed by atoms with E-state index in [-0.39, 0.29) is 0 Å². The van der Waals surface area contributed by atoms with Crippen LogP contribution in [0.2, 0.25) is 0 Å². The van der Waals surface area contributed by atoms with Crippen molar-refractivity contribution >= 4 is 17.6 Å². The quantitative estimate of drug-likeness (QED) is 0.644. The van der Waals surface area contributed by atoms with Crippen LogP contribution in [0.5, 0.6) is 17.2 Å². The molecule has 0 saturated heterocycles. The number of rotatable bonds is 8. The molecule has 1 atom stereocenters. The number of urea groups is 1. The van der Waals surface area contributed by atoms with E-state index in [1.165, 1.54) is 21.3 Å². The fourth-order valence-electron chi connectivity index (χ4n) is 2.67. The molecule has 0 aromatic heterocycles. The largest absolute Gasteiger partial charge is 0.493 e. The van der Waals surface area contributed by atoms with Gasteiger partial charge in [0.1, 0.15) is 6.04 Å². The van der Waals surface area contributed by atoms with Crippen LogP contribution in [0, 0.1) is 0 Å². The number of ether oxygens (including phenoxy) is 3. The van der Waals surface area contributed by atoms with Crippen molar-refractivity contribution in [2.75, 3.05) is 33.2 Å². The van der Waals surface area contributed by atoms with Crippen LogP contribution in [0.4, 0.5) is 10.5 Å². The number of carbonyl (C=O) groups excluding carboxylic acids is 2.